The number of methoxy groups -OCH3 is 1. The van der Waals surface area contributed by atoms with Crippen LogP contribution in [0.4, 0.5) is 16.2 Å². The fraction of sp³-hybridized carbons (Fsp3) is 0.379. The summed E-state index contributed by atoms with van der Waals surface area (Å²) in [7, 11) is 3.19. The molecule has 1 heterocycles. The maximum Gasteiger partial charge on any atom is 0.326 e. The Kier molecular flexibility index (Phi) is 9.76. The van der Waals surface area contributed by atoms with Crippen LogP contribution in [0.3, 0.4) is 0 Å². The number of anilines is 2. The molecule has 4 amide bonds. The molecule has 2 aromatic rings. The summed E-state index contributed by atoms with van der Waals surface area (Å²) in [6.07, 6.45) is 2.83. The molecule has 2 unspecified atom stereocenters. The molecule has 2 atom stereocenters. The fourth-order valence-corrected chi connectivity index (χ4v) is 4.56. The van der Waals surface area contributed by atoms with Crippen LogP contribution in [-0.2, 0) is 20.8 Å². The maximum absolute atomic E-state index is 13.0. The van der Waals surface area contributed by atoms with Crippen molar-refractivity contribution in [1.29, 1.82) is 0 Å². The number of carboxylic acids is 1. The van der Waals surface area contributed by atoms with E-state index in [9.17, 15) is 24.3 Å². The van der Waals surface area contributed by atoms with Crippen molar-refractivity contribution in [3.63, 3.8) is 0 Å². The minimum atomic E-state index is -1.09. The van der Waals surface area contributed by atoms with Crippen molar-refractivity contribution in [3.8, 4) is 5.75 Å². The van der Waals surface area contributed by atoms with Crippen LogP contribution in [0.15, 0.2) is 54.2 Å². The lowest BCUT2D eigenvalue weighted by Crippen LogP contribution is -2.49. The normalized spacial score (nSPS) is 16.7. The molecule has 0 spiro atoms. The van der Waals surface area contributed by atoms with Gasteiger partial charge in [-0.15, -0.1) is 0 Å². The quantitative estimate of drug-likeness (QED) is 0.288. The number of ether oxygens (including phenoxy) is 1. The Morgan fingerprint density at radius 2 is 1.82 bits per heavy atom. The van der Waals surface area contributed by atoms with Gasteiger partial charge in [0.2, 0.25) is 11.8 Å². The first-order chi connectivity index (χ1) is 18.9. The number of carboxylic acid groups (broad SMARTS) is 1. The molecule has 0 fully saturated rings. The van der Waals surface area contributed by atoms with Crippen LogP contribution < -0.4 is 26.0 Å². The standard InChI is InChI=1S/C29H37N5O6/c1-18-8-6-7-9-22(18)31-28(39)32-23-11-10-20(14-25(23)40-5)15-26(36)34(4)17-21-12-13-29(3,33-21)16-24(27(37)38)30-19(2)35/h6-12,14,24,33H,13,15-17H2,1-5H3,(H,30,35)(H,37,38)(H2,31,32,39). The van der Waals surface area contributed by atoms with Gasteiger partial charge < -0.3 is 36.0 Å². The molecule has 0 saturated carbocycles. The van der Waals surface area contributed by atoms with Crippen molar-refractivity contribution in [2.24, 2.45) is 0 Å². The number of aryl methyl sites for hydroxylation is 1. The number of amides is 4. The van der Waals surface area contributed by atoms with Crippen LogP contribution in [0, 0.1) is 6.92 Å². The van der Waals surface area contributed by atoms with Crippen molar-refractivity contribution >= 4 is 35.2 Å². The smallest absolute Gasteiger partial charge is 0.326 e. The molecule has 1 aliphatic heterocycles. The lowest BCUT2D eigenvalue weighted by Gasteiger charge is -2.30. The molecule has 40 heavy (non-hydrogen) atoms. The highest BCUT2D eigenvalue weighted by molar-refractivity contribution is 6.01. The van der Waals surface area contributed by atoms with E-state index in [2.05, 4.69) is 21.3 Å². The van der Waals surface area contributed by atoms with Gasteiger partial charge in [-0.25, -0.2) is 9.59 Å². The van der Waals surface area contributed by atoms with Crippen molar-refractivity contribution in [2.45, 2.75) is 51.6 Å². The first-order valence-corrected chi connectivity index (χ1v) is 12.9. The predicted octanol–water partition coefficient (Wildman–Crippen LogP) is 3.26. The largest absolute Gasteiger partial charge is 0.495 e. The molecule has 3 rings (SSSR count). The number of carbonyl (C=O) groups is 4. The number of aliphatic carboxylic acids is 1. The average molecular weight is 552 g/mol. The first-order valence-electron chi connectivity index (χ1n) is 12.9. The van der Waals surface area contributed by atoms with Crippen molar-refractivity contribution in [1.82, 2.24) is 15.5 Å². The molecule has 1 aliphatic rings. The third-order valence-electron chi connectivity index (χ3n) is 6.69. The van der Waals surface area contributed by atoms with E-state index < -0.39 is 29.5 Å². The summed E-state index contributed by atoms with van der Waals surface area (Å²) < 4.78 is 5.45. The van der Waals surface area contributed by atoms with E-state index in [0.29, 0.717) is 30.1 Å². The second-order valence-corrected chi connectivity index (χ2v) is 10.3. The minimum Gasteiger partial charge on any atom is -0.495 e. The van der Waals surface area contributed by atoms with E-state index in [1.54, 1.807) is 30.1 Å². The molecular weight excluding hydrogens is 514 g/mol. The van der Waals surface area contributed by atoms with Gasteiger partial charge in [0.1, 0.15) is 11.8 Å². The van der Waals surface area contributed by atoms with Crippen LogP contribution in [0.2, 0.25) is 0 Å². The number of nitrogens with one attached hydrogen (secondary N) is 4. The topological polar surface area (TPSA) is 149 Å². The molecule has 5 N–H and O–H groups in total. The zero-order valence-corrected chi connectivity index (χ0v) is 23.5. The molecule has 0 aromatic heterocycles. The number of rotatable bonds is 11. The number of urea groups is 1. The van der Waals surface area contributed by atoms with E-state index in [1.165, 1.54) is 14.0 Å². The van der Waals surface area contributed by atoms with E-state index >= 15 is 0 Å². The number of para-hydroxylation sites is 1. The first kappa shape index (κ1) is 30.0. The molecule has 0 radical (unpaired) electrons. The summed E-state index contributed by atoms with van der Waals surface area (Å²) in [5.74, 6) is -1.20. The minimum absolute atomic E-state index is 0.122. The fourth-order valence-electron chi connectivity index (χ4n) is 4.56. The Labute approximate surface area is 234 Å². The highest BCUT2D eigenvalue weighted by Crippen LogP contribution is 2.28. The Balaban J connectivity index is 1.56. The molecule has 2 aromatic carbocycles. The molecule has 214 valence electrons. The molecule has 11 nitrogen and oxygen atoms in total. The molecular formula is C29H37N5O6. The molecule has 0 bridgehead atoms. The lowest BCUT2D eigenvalue weighted by atomic mass is 9.91. The SMILES string of the molecule is COc1cc(CC(=O)N(C)CC2=CCC(C)(CC(NC(C)=O)C(=O)O)N2)ccc1NC(=O)Nc1ccccc1C. The number of nitrogens with zero attached hydrogens (tertiary/aromatic N) is 1. The van der Waals surface area contributed by atoms with Gasteiger partial charge in [0.05, 0.1) is 25.8 Å². The van der Waals surface area contributed by atoms with Crippen LogP contribution in [0.25, 0.3) is 0 Å². The van der Waals surface area contributed by atoms with E-state index in [1.807, 2.05) is 44.2 Å². The van der Waals surface area contributed by atoms with Gasteiger partial charge in [-0.3, -0.25) is 9.59 Å². The van der Waals surface area contributed by atoms with E-state index in [0.717, 1.165) is 16.8 Å². The van der Waals surface area contributed by atoms with Crippen molar-refractivity contribution in [3.05, 3.63) is 65.4 Å². The molecule has 0 aliphatic carbocycles. The lowest BCUT2D eigenvalue weighted by molar-refractivity contribution is -0.142. The number of hydrogen-bond acceptors (Lipinski definition) is 6. The highest BCUT2D eigenvalue weighted by atomic mass is 16.5. The number of likely N-dealkylation sites (N-methyl/N-ethyl adjacent to an activating group) is 1. The van der Waals surface area contributed by atoms with Gasteiger partial charge >= 0.3 is 12.0 Å². The average Bonchev–Trinajstić information content (AvgIpc) is 3.25. The molecule has 0 saturated heterocycles. The summed E-state index contributed by atoms with van der Waals surface area (Å²) in [5, 5.41) is 20.8. The predicted molar refractivity (Wildman–Crippen MR) is 152 cm³/mol. The van der Waals surface area contributed by atoms with Crippen molar-refractivity contribution in [2.75, 3.05) is 31.3 Å². The summed E-state index contributed by atoms with van der Waals surface area (Å²) in [6.45, 7) is 5.40. The van der Waals surface area contributed by atoms with Crippen LogP contribution in [-0.4, -0.2) is 66.1 Å². The second-order valence-electron chi connectivity index (χ2n) is 10.3. The zero-order chi connectivity index (χ0) is 29.4. The molecule has 11 heteroatoms. The van der Waals surface area contributed by atoms with Crippen LogP contribution in [0.5, 0.6) is 5.75 Å². The monoisotopic (exact) mass is 551 g/mol. The zero-order valence-electron chi connectivity index (χ0n) is 23.5. The Hall–Kier alpha value is -4.54. The summed E-state index contributed by atoms with van der Waals surface area (Å²) in [5.41, 5.74) is 3.07. The highest BCUT2D eigenvalue weighted by Gasteiger charge is 2.35. The van der Waals surface area contributed by atoms with Gasteiger partial charge in [-0.2, -0.15) is 0 Å². The summed E-state index contributed by atoms with van der Waals surface area (Å²) in [4.78, 5) is 50.0. The Morgan fingerprint density at radius 1 is 1.12 bits per heavy atom. The van der Waals surface area contributed by atoms with Gasteiger partial charge in [0.25, 0.3) is 0 Å². The maximum atomic E-state index is 13.0. The second kappa shape index (κ2) is 13.0. The number of hydrogen-bond donors (Lipinski definition) is 5. The summed E-state index contributed by atoms with van der Waals surface area (Å²) in [6, 6.07) is 11.2. The van der Waals surface area contributed by atoms with Crippen LogP contribution in [0.1, 0.15) is 37.8 Å². The number of benzene rings is 2. The summed E-state index contributed by atoms with van der Waals surface area (Å²) >= 11 is 0. The third kappa shape index (κ3) is 8.23. The van der Waals surface area contributed by atoms with E-state index in [4.69, 9.17) is 4.74 Å². The van der Waals surface area contributed by atoms with Gasteiger partial charge in [0.15, 0.2) is 0 Å². The van der Waals surface area contributed by atoms with Crippen molar-refractivity contribution < 1.29 is 29.0 Å². The number of carbonyl (C=O) groups excluding carboxylic acids is 3. The third-order valence-corrected chi connectivity index (χ3v) is 6.69. The van der Waals surface area contributed by atoms with Crippen LogP contribution >= 0.6 is 0 Å². The Bertz CT molecular complexity index is 1310. The van der Waals surface area contributed by atoms with Gasteiger partial charge in [-0.05, 0) is 49.6 Å². The van der Waals surface area contributed by atoms with Gasteiger partial charge in [0, 0.05) is 37.3 Å². The van der Waals surface area contributed by atoms with Gasteiger partial charge in [-0.1, -0.05) is 30.3 Å². The Morgan fingerprint density at radius 3 is 2.48 bits per heavy atom. The van der Waals surface area contributed by atoms with E-state index in [-0.39, 0.29) is 18.7 Å².